The Kier molecular flexibility index (Phi) is 8.45. The van der Waals surface area contributed by atoms with Crippen LogP contribution in [0.4, 0.5) is 10.1 Å². The predicted molar refractivity (Wildman–Crippen MR) is 111 cm³/mol. The molecule has 3 rings (SSSR count). The molecule has 0 unspecified atom stereocenters. The van der Waals surface area contributed by atoms with E-state index in [0.29, 0.717) is 11.3 Å². The minimum absolute atomic E-state index is 0. The summed E-state index contributed by atoms with van der Waals surface area (Å²) in [5, 5.41) is 2.72. The van der Waals surface area contributed by atoms with E-state index in [2.05, 4.69) is 10.3 Å². The fraction of sp³-hybridized carbons (Fsp3) is 0. The molecule has 3 N–H and O–H groups in total. The number of hydrogen-bond donors (Lipinski definition) is 2. The maximum atomic E-state index is 13.2. The number of pyridine rings is 1. The van der Waals surface area contributed by atoms with Gasteiger partial charge in [0.15, 0.2) is 0 Å². The summed E-state index contributed by atoms with van der Waals surface area (Å²) in [5.74, 6) is -0.824. The quantitative estimate of drug-likeness (QED) is 0.619. The van der Waals surface area contributed by atoms with Crippen molar-refractivity contribution in [1.82, 2.24) is 4.98 Å². The van der Waals surface area contributed by atoms with Gasteiger partial charge in [-0.15, -0.1) is 24.8 Å². The van der Waals surface area contributed by atoms with Crippen LogP contribution in [0.1, 0.15) is 5.56 Å². The van der Waals surface area contributed by atoms with Crippen LogP contribution in [0, 0.1) is 5.82 Å². The van der Waals surface area contributed by atoms with E-state index in [1.54, 1.807) is 36.7 Å². The van der Waals surface area contributed by atoms with Gasteiger partial charge in [-0.05, 0) is 59.2 Å². The molecule has 1 amide bonds. The van der Waals surface area contributed by atoms with Crippen LogP contribution in [-0.2, 0) is 4.79 Å². The zero-order chi connectivity index (χ0) is 17.6. The number of nitrogens with zero attached hydrogens (tertiary/aromatic N) is 1. The summed E-state index contributed by atoms with van der Waals surface area (Å²) in [4.78, 5) is 16.1. The van der Waals surface area contributed by atoms with E-state index in [0.717, 1.165) is 11.1 Å². The number of carbonyl (C=O) groups is 1. The summed E-state index contributed by atoms with van der Waals surface area (Å²) in [6.45, 7) is 0. The lowest BCUT2D eigenvalue weighted by molar-refractivity contribution is -0.112. The first-order valence-electron chi connectivity index (χ1n) is 7.66. The second kappa shape index (κ2) is 10.3. The Bertz CT molecular complexity index is 916. The normalized spacial score (nSPS) is 10.3. The number of rotatable bonds is 4. The monoisotopic (exact) mass is 405 g/mol. The number of nitrogens with one attached hydrogen (secondary N) is 1. The van der Waals surface area contributed by atoms with Crippen LogP contribution in [0.2, 0.25) is 0 Å². The molecule has 0 saturated carbocycles. The van der Waals surface area contributed by atoms with Crippen LogP contribution in [0.15, 0.2) is 78.8 Å². The first-order valence-corrected chi connectivity index (χ1v) is 7.66. The van der Waals surface area contributed by atoms with Crippen molar-refractivity contribution in [2.24, 2.45) is 5.73 Å². The average molecular weight is 406 g/mol. The predicted octanol–water partition coefficient (Wildman–Crippen LogP) is 4.67. The molecule has 0 aliphatic carbocycles. The minimum Gasteiger partial charge on any atom is -0.394 e. The molecule has 7 heteroatoms. The average Bonchev–Trinajstić information content (AvgIpc) is 2.63. The highest BCUT2D eigenvalue weighted by Crippen LogP contribution is 2.20. The molecule has 140 valence electrons. The van der Waals surface area contributed by atoms with Crippen molar-refractivity contribution in [2.75, 3.05) is 5.32 Å². The van der Waals surface area contributed by atoms with Gasteiger partial charge in [0, 0.05) is 18.1 Å². The number of benzene rings is 2. The maximum absolute atomic E-state index is 13.2. The number of anilines is 1. The summed E-state index contributed by atoms with van der Waals surface area (Å²) in [5.41, 5.74) is 9.00. The minimum atomic E-state index is -0.444. The third kappa shape index (κ3) is 6.09. The van der Waals surface area contributed by atoms with Crippen molar-refractivity contribution >= 4 is 42.5 Å². The lowest BCUT2D eigenvalue weighted by Crippen LogP contribution is -2.19. The summed E-state index contributed by atoms with van der Waals surface area (Å²) >= 11 is 0. The zero-order valence-corrected chi connectivity index (χ0v) is 15.8. The largest absolute Gasteiger partial charge is 0.394 e. The van der Waals surface area contributed by atoms with Gasteiger partial charge in [0.05, 0.1) is 5.70 Å². The smallest absolute Gasteiger partial charge is 0.271 e. The van der Waals surface area contributed by atoms with Gasteiger partial charge in [0.2, 0.25) is 0 Å². The Morgan fingerprint density at radius 2 is 1.59 bits per heavy atom. The van der Waals surface area contributed by atoms with Crippen molar-refractivity contribution in [3.05, 3.63) is 90.1 Å². The summed E-state index contributed by atoms with van der Waals surface area (Å²) < 4.78 is 13.2. The molecule has 27 heavy (non-hydrogen) atoms. The number of halogens is 3. The molecule has 1 heterocycles. The van der Waals surface area contributed by atoms with Crippen molar-refractivity contribution in [2.45, 2.75) is 0 Å². The molecule has 0 atom stereocenters. The molecule has 0 bridgehead atoms. The highest BCUT2D eigenvalue weighted by Gasteiger charge is 2.07. The van der Waals surface area contributed by atoms with E-state index in [4.69, 9.17) is 5.73 Å². The zero-order valence-electron chi connectivity index (χ0n) is 14.1. The Hall–Kier alpha value is -2.89. The van der Waals surface area contributed by atoms with Crippen LogP contribution in [0.3, 0.4) is 0 Å². The van der Waals surface area contributed by atoms with Gasteiger partial charge in [-0.1, -0.05) is 24.3 Å². The molecule has 0 aliphatic rings. The van der Waals surface area contributed by atoms with E-state index in [-0.39, 0.29) is 36.3 Å². The van der Waals surface area contributed by atoms with Crippen LogP contribution in [-0.4, -0.2) is 10.9 Å². The number of amides is 1. The van der Waals surface area contributed by atoms with Crippen LogP contribution >= 0.6 is 24.8 Å². The van der Waals surface area contributed by atoms with Crippen molar-refractivity contribution in [1.29, 1.82) is 0 Å². The van der Waals surface area contributed by atoms with Crippen LogP contribution in [0.25, 0.3) is 17.2 Å². The summed E-state index contributed by atoms with van der Waals surface area (Å²) in [6.07, 6.45) is 4.88. The van der Waals surface area contributed by atoms with Gasteiger partial charge in [-0.25, -0.2) is 4.39 Å². The molecule has 0 fully saturated rings. The van der Waals surface area contributed by atoms with Gasteiger partial charge in [0.25, 0.3) is 5.91 Å². The fourth-order valence-electron chi connectivity index (χ4n) is 2.34. The Balaban J connectivity index is 0.00000182. The Morgan fingerprint density at radius 3 is 2.22 bits per heavy atom. The lowest BCUT2D eigenvalue weighted by atomic mass is 10.1. The molecule has 3 aromatic rings. The third-order valence-corrected chi connectivity index (χ3v) is 3.59. The van der Waals surface area contributed by atoms with Crippen molar-refractivity contribution in [3.63, 3.8) is 0 Å². The number of aromatic nitrogens is 1. The third-order valence-electron chi connectivity index (χ3n) is 3.59. The van der Waals surface area contributed by atoms with E-state index in [1.807, 2.05) is 24.3 Å². The molecular formula is C20H18Cl2FN3O. The molecule has 1 aromatic heterocycles. The van der Waals surface area contributed by atoms with Gasteiger partial charge < -0.3 is 11.1 Å². The molecule has 0 radical (unpaired) electrons. The van der Waals surface area contributed by atoms with E-state index < -0.39 is 5.91 Å². The highest BCUT2D eigenvalue weighted by atomic mass is 35.5. The van der Waals surface area contributed by atoms with E-state index >= 15 is 0 Å². The standard InChI is InChI=1S/C20H16FN3O.2ClH/c21-17-3-1-2-14(12-17)13-19(22)20(25)24-18-6-4-15(5-7-18)16-8-10-23-11-9-16;;/h1-13H,22H2,(H,24,25);2*1H. The van der Waals surface area contributed by atoms with Gasteiger partial charge in [-0.2, -0.15) is 0 Å². The second-order valence-electron chi connectivity index (χ2n) is 5.42. The number of nitrogens with two attached hydrogens (primary N) is 1. The summed E-state index contributed by atoms with van der Waals surface area (Å²) in [7, 11) is 0. The lowest BCUT2D eigenvalue weighted by Gasteiger charge is -2.07. The Morgan fingerprint density at radius 1 is 0.963 bits per heavy atom. The fourth-order valence-corrected chi connectivity index (χ4v) is 2.34. The molecule has 0 aliphatic heterocycles. The maximum Gasteiger partial charge on any atom is 0.271 e. The molecule has 0 saturated heterocycles. The van der Waals surface area contributed by atoms with E-state index in [9.17, 15) is 9.18 Å². The van der Waals surface area contributed by atoms with E-state index in [1.165, 1.54) is 18.2 Å². The van der Waals surface area contributed by atoms with Crippen LogP contribution in [0.5, 0.6) is 0 Å². The van der Waals surface area contributed by atoms with Crippen molar-refractivity contribution in [3.8, 4) is 11.1 Å². The second-order valence-corrected chi connectivity index (χ2v) is 5.42. The van der Waals surface area contributed by atoms with Gasteiger partial charge >= 0.3 is 0 Å². The number of hydrogen-bond acceptors (Lipinski definition) is 3. The van der Waals surface area contributed by atoms with Gasteiger partial charge in [0.1, 0.15) is 5.82 Å². The molecule has 2 aromatic carbocycles. The molecule has 0 spiro atoms. The number of carbonyl (C=O) groups excluding carboxylic acids is 1. The van der Waals surface area contributed by atoms with Crippen molar-refractivity contribution < 1.29 is 9.18 Å². The Labute approximate surface area is 169 Å². The highest BCUT2D eigenvalue weighted by molar-refractivity contribution is 6.06. The van der Waals surface area contributed by atoms with Crippen LogP contribution < -0.4 is 11.1 Å². The first-order chi connectivity index (χ1) is 12.1. The molecular weight excluding hydrogens is 388 g/mol. The first kappa shape index (κ1) is 22.2. The molecule has 4 nitrogen and oxygen atoms in total. The topological polar surface area (TPSA) is 68.0 Å². The van der Waals surface area contributed by atoms with Gasteiger partial charge in [-0.3, -0.25) is 9.78 Å². The SMILES string of the molecule is Cl.Cl.NC(=Cc1cccc(F)c1)C(=O)Nc1ccc(-c2ccncc2)cc1. The summed E-state index contributed by atoms with van der Waals surface area (Å²) in [6, 6.07) is 17.1.